The number of pyridine rings is 1. The van der Waals surface area contributed by atoms with Crippen molar-refractivity contribution in [2.75, 3.05) is 6.61 Å². The van der Waals surface area contributed by atoms with Crippen LogP contribution in [0.15, 0.2) is 100 Å². The van der Waals surface area contributed by atoms with Crippen LogP contribution in [0.3, 0.4) is 0 Å². The van der Waals surface area contributed by atoms with Crippen molar-refractivity contribution in [1.82, 2.24) is 9.55 Å². The average Bonchev–Trinajstić information content (AvgIpc) is 3.18. The van der Waals surface area contributed by atoms with Crippen LogP contribution in [0.5, 0.6) is 0 Å². The Kier molecular flexibility index (Phi) is 6.25. The van der Waals surface area contributed by atoms with Gasteiger partial charge in [0.05, 0.1) is 28.5 Å². The van der Waals surface area contributed by atoms with Crippen molar-refractivity contribution >= 4 is 23.4 Å². The summed E-state index contributed by atoms with van der Waals surface area (Å²) in [6.07, 6.45) is 5.19. The van der Waals surface area contributed by atoms with E-state index in [-0.39, 0.29) is 12.2 Å². The minimum absolute atomic E-state index is 0.199. The van der Waals surface area contributed by atoms with Crippen LogP contribution in [0.2, 0.25) is 0 Å². The number of benzene rings is 2. The van der Waals surface area contributed by atoms with Gasteiger partial charge in [0.25, 0.3) is 5.56 Å². The monoisotopic (exact) mass is 481 g/mol. The van der Waals surface area contributed by atoms with Gasteiger partial charge in [-0.05, 0) is 60.4 Å². The van der Waals surface area contributed by atoms with Crippen LogP contribution >= 0.6 is 11.3 Å². The SMILES string of the molecule is CCOC(=O)C1=C(C)N=c2s/c(=C\c3ccncc3)c(=O)n2C1c1cccc(-c2ccccc2)c1. The number of thiazole rings is 1. The summed E-state index contributed by atoms with van der Waals surface area (Å²) in [6.45, 7) is 3.79. The predicted octanol–water partition coefficient (Wildman–Crippen LogP) is 3.86. The number of esters is 1. The Balaban J connectivity index is 1.73. The lowest BCUT2D eigenvalue weighted by atomic mass is 9.93. The van der Waals surface area contributed by atoms with Crippen molar-refractivity contribution < 1.29 is 9.53 Å². The molecule has 35 heavy (non-hydrogen) atoms. The molecule has 0 saturated carbocycles. The van der Waals surface area contributed by atoms with Gasteiger partial charge in [-0.15, -0.1) is 0 Å². The van der Waals surface area contributed by atoms with E-state index in [4.69, 9.17) is 4.74 Å². The molecular weight excluding hydrogens is 458 g/mol. The van der Waals surface area contributed by atoms with Crippen LogP contribution < -0.4 is 14.9 Å². The van der Waals surface area contributed by atoms with Crippen molar-refractivity contribution in [2.45, 2.75) is 19.9 Å². The first-order valence-electron chi connectivity index (χ1n) is 11.3. The fourth-order valence-corrected chi connectivity index (χ4v) is 5.28. The molecule has 1 unspecified atom stereocenters. The van der Waals surface area contributed by atoms with Crippen molar-refractivity contribution in [3.8, 4) is 11.1 Å². The van der Waals surface area contributed by atoms with Crippen molar-refractivity contribution in [2.24, 2.45) is 4.99 Å². The first-order chi connectivity index (χ1) is 17.1. The Hall–Kier alpha value is -4.10. The number of ether oxygens (including phenoxy) is 1. The second-order valence-corrected chi connectivity index (χ2v) is 9.08. The quantitative estimate of drug-likeness (QED) is 0.406. The molecule has 0 radical (unpaired) electrons. The van der Waals surface area contributed by atoms with Gasteiger partial charge in [-0.2, -0.15) is 0 Å². The Bertz CT molecular complexity index is 1600. The highest BCUT2D eigenvalue weighted by Crippen LogP contribution is 2.33. The number of fused-ring (bicyclic) bond motifs is 1. The minimum atomic E-state index is -0.645. The van der Waals surface area contributed by atoms with Gasteiger partial charge in [0, 0.05) is 12.4 Å². The average molecular weight is 482 g/mol. The van der Waals surface area contributed by atoms with E-state index in [0.717, 1.165) is 22.3 Å². The summed E-state index contributed by atoms with van der Waals surface area (Å²) in [5.41, 5.74) is 4.47. The highest BCUT2D eigenvalue weighted by atomic mass is 32.1. The zero-order valence-corrected chi connectivity index (χ0v) is 20.2. The first-order valence-corrected chi connectivity index (χ1v) is 12.1. The number of rotatable bonds is 5. The maximum absolute atomic E-state index is 13.7. The molecule has 174 valence electrons. The number of carbonyl (C=O) groups excluding carboxylic acids is 1. The molecule has 1 aliphatic heterocycles. The van der Waals surface area contributed by atoms with E-state index in [0.29, 0.717) is 20.6 Å². The normalized spacial score (nSPS) is 15.5. The molecule has 7 heteroatoms. The molecule has 1 aliphatic rings. The van der Waals surface area contributed by atoms with Crippen molar-refractivity contribution in [3.63, 3.8) is 0 Å². The largest absolute Gasteiger partial charge is 0.463 e. The van der Waals surface area contributed by atoms with Crippen LogP contribution in [-0.4, -0.2) is 22.1 Å². The number of aromatic nitrogens is 2. The molecule has 2 aromatic carbocycles. The van der Waals surface area contributed by atoms with E-state index in [1.165, 1.54) is 11.3 Å². The summed E-state index contributed by atoms with van der Waals surface area (Å²) >= 11 is 1.31. The third-order valence-electron chi connectivity index (χ3n) is 5.83. The molecule has 0 amide bonds. The van der Waals surface area contributed by atoms with E-state index in [9.17, 15) is 9.59 Å². The molecule has 0 bridgehead atoms. The molecule has 2 aromatic heterocycles. The summed E-state index contributed by atoms with van der Waals surface area (Å²) in [6, 6.07) is 21.0. The van der Waals surface area contributed by atoms with Gasteiger partial charge in [0.15, 0.2) is 4.80 Å². The maximum atomic E-state index is 13.7. The van der Waals surface area contributed by atoms with Gasteiger partial charge >= 0.3 is 5.97 Å². The van der Waals surface area contributed by atoms with E-state index < -0.39 is 12.0 Å². The molecule has 0 spiro atoms. The molecule has 4 aromatic rings. The number of allylic oxidation sites excluding steroid dienone is 1. The van der Waals surface area contributed by atoms with Crippen LogP contribution in [0.25, 0.3) is 17.2 Å². The molecule has 3 heterocycles. The van der Waals surface area contributed by atoms with E-state index in [2.05, 4.69) is 9.98 Å². The number of carbonyl (C=O) groups is 1. The highest BCUT2D eigenvalue weighted by molar-refractivity contribution is 7.07. The van der Waals surface area contributed by atoms with Crippen molar-refractivity contribution in [3.05, 3.63) is 121 Å². The Morgan fingerprint density at radius 2 is 1.80 bits per heavy atom. The van der Waals surface area contributed by atoms with Gasteiger partial charge < -0.3 is 4.74 Å². The third kappa shape index (κ3) is 4.38. The van der Waals surface area contributed by atoms with Crippen LogP contribution in [0.1, 0.15) is 31.0 Å². The molecule has 0 saturated heterocycles. The van der Waals surface area contributed by atoms with E-state index >= 15 is 0 Å². The zero-order valence-electron chi connectivity index (χ0n) is 19.3. The molecule has 6 nitrogen and oxygen atoms in total. The predicted molar refractivity (Wildman–Crippen MR) is 137 cm³/mol. The van der Waals surface area contributed by atoms with E-state index in [1.807, 2.05) is 72.8 Å². The smallest absolute Gasteiger partial charge is 0.338 e. The Labute approximate surface area is 206 Å². The van der Waals surface area contributed by atoms with Crippen LogP contribution in [-0.2, 0) is 9.53 Å². The topological polar surface area (TPSA) is 73.6 Å². The van der Waals surface area contributed by atoms with Gasteiger partial charge in [-0.3, -0.25) is 14.3 Å². The zero-order chi connectivity index (χ0) is 24.4. The summed E-state index contributed by atoms with van der Waals surface area (Å²) < 4.78 is 7.54. The molecule has 0 N–H and O–H groups in total. The second kappa shape index (κ2) is 9.64. The van der Waals surface area contributed by atoms with Gasteiger partial charge in [-0.25, -0.2) is 9.79 Å². The minimum Gasteiger partial charge on any atom is -0.463 e. The summed E-state index contributed by atoms with van der Waals surface area (Å²) in [5.74, 6) is -0.465. The van der Waals surface area contributed by atoms with Gasteiger partial charge in [-0.1, -0.05) is 59.9 Å². The summed E-state index contributed by atoms with van der Waals surface area (Å²) in [5, 5.41) is 0. The van der Waals surface area contributed by atoms with Gasteiger partial charge in [0.1, 0.15) is 0 Å². The number of hydrogen-bond acceptors (Lipinski definition) is 6. The Morgan fingerprint density at radius 3 is 2.54 bits per heavy atom. The Morgan fingerprint density at radius 1 is 1.06 bits per heavy atom. The highest BCUT2D eigenvalue weighted by Gasteiger charge is 2.33. The summed E-state index contributed by atoms with van der Waals surface area (Å²) in [4.78, 5) is 36.0. The van der Waals surface area contributed by atoms with Crippen molar-refractivity contribution in [1.29, 1.82) is 0 Å². The number of nitrogens with zero attached hydrogens (tertiary/aromatic N) is 3. The fraction of sp³-hybridized carbons (Fsp3) is 0.143. The van der Waals surface area contributed by atoms with Gasteiger partial charge in [0.2, 0.25) is 0 Å². The van der Waals surface area contributed by atoms with Crippen LogP contribution in [0, 0.1) is 0 Å². The molecule has 1 atom stereocenters. The fourth-order valence-electron chi connectivity index (χ4n) is 4.24. The standard InChI is InChI=1S/C28H23N3O3S/c1-3-34-27(33)24-18(2)30-28-31(26(32)23(35-28)16-19-12-14-29-15-13-19)25(24)22-11-7-10-21(17-22)20-8-5-4-6-9-20/h4-17,25H,3H2,1-2H3/b23-16-. The lowest BCUT2D eigenvalue weighted by Crippen LogP contribution is -2.39. The second-order valence-electron chi connectivity index (χ2n) is 8.07. The maximum Gasteiger partial charge on any atom is 0.338 e. The summed E-state index contributed by atoms with van der Waals surface area (Å²) in [7, 11) is 0. The first kappa shape index (κ1) is 22.7. The molecule has 5 rings (SSSR count). The lowest BCUT2D eigenvalue weighted by molar-refractivity contribution is -0.139. The molecule has 0 fully saturated rings. The third-order valence-corrected chi connectivity index (χ3v) is 6.81. The lowest BCUT2D eigenvalue weighted by Gasteiger charge is -2.25. The number of hydrogen-bond donors (Lipinski definition) is 0. The van der Waals surface area contributed by atoms with E-state index in [1.54, 1.807) is 30.8 Å². The molecular formula is C28H23N3O3S. The molecule has 0 aliphatic carbocycles. The van der Waals surface area contributed by atoms with Crippen LogP contribution in [0.4, 0.5) is 0 Å².